The number of fused-ring (bicyclic) bond motifs is 1. The lowest BCUT2D eigenvalue weighted by atomic mass is 10.1. The van der Waals surface area contributed by atoms with Crippen LogP contribution < -0.4 is 15.6 Å². The molecule has 2 heterocycles. The molecular formula is C26H21FN4O2. The van der Waals surface area contributed by atoms with Crippen LogP contribution in [0.1, 0.15) is 5.56 Å². The lowest BCUT2D eigenvalue weighted by Gasteiger charge is -2.08. The van der Waals surface area contributed by atoms with Crippen molar-refractivity contribution < 1.29 is 9.13 Å². The van der Waals surface area contributed by atoms with E-state index in [9.17, 15) is 9.18 Å². The number of anilines is 1. The largest absolute Gasteiger partial charge is 0.497 e. The first-order chi connectivity index (χ1) is 16.1. The normalized spacial score (nSPS) is 11.0. The minimum atomic E-state index is -0.316. The summed E-state index contributed by atoms with van der Waals surface area (Å²) in [5.74, 6) is 0.445. The Morgan fingerprint density at radius 2 is 1.73 bits per heavy atom. The number of pyridine rings is 1. The van der Waals surface area contributed by atoms with Gasteiger partial charge in [0.05, 0.1) is 12.8 Å². The predicted octanol–water partition coefficient (Wildman–Crippen LogP) is 5.14. The first-order valence-electron chi connectivity index (χ1n) is 10.5. The molecule has 7 heteroatoms. The summed E-state index contributed by atoms with van der Waals surface area (Å²) < 4.78 is 20.4. The van der Waals surface area contributed by atoms with Crippen LogP contribution in [0.15, 0.2) is 89.7 Å². The average Bonchev–Trinajstić information content (AvgIpc) is 3.22. The van der Waals surface area contributed by atoms with Gasteiger partial charge in [0.1, 0.15) is 22.9 Å². The van der Waals surface area contributed by atoms with Crippen LogP contribution >= 0.6 is 0 Å². The molecule has 0 saturated heterocycles. The van der Waals surface area contributed by atoms with Crippen LogP contribution in [0.3, 0.4) is 0 Å². The summed E-state index contributed by atoms with van der Waals surface area (Å²) in [7, 11) is 1.62. The fourth-order valence-electron chi connectivity index (χ4n) is 3.73. The second kappa shape index (κ2) is 8.63. The molecule has 5 aromatic rings. The molecule has 0 fully saturated rings. The number of benzene rings is 3. The van der Waals surface area contributed by atoms with E-state index in [0.29, 0.717) is 23.4 Å². The first kappa shape index (κ1) is 20.5. The summed E-state index contributed by atoms with van der Waals surface area (Å²) in [5.41, 5.74) is 4.05. The Bertz CT molecular complexity index is 1460. The Balaban J connectivity index is 1.59. The van der Waals surface area contributed by atoms with Crippen LogP contribution in [0, 0.1) is 5.82 Å². The van der Waals surface area contributed by atoms with Crippen LogP contribution in [0.5, 0.6) is 5.75 Å². The molecule has 33 heavy (non-hydrogen) atoms. The number of rotatable bonds is 6. The number of nitrogens with zero attached hydrogens (tertiary/aromatic N) is 2. The molecule has 0 radical (unpaired) electrons. The van der Waals surface area contributed by atoms with Gasteiger partial charge in [-0.1, -0.05) is 18.2 Å². The Kier molecular flexibility index (Phi) is 5.36. The maximum Gasteiger partial charge on any atom is 0.254 e. The Morgan fingerprint density at radius 1 is 1.00 bits per heavy atom. The van der Waals surface area contributed by atoms with Crippen molar-refractivity contribution in [1.29, 1.82) is 0 Å². The van der Waals surface area contributed by atoms with Crippen LogP contribution in [0.2, 0.25) is 0 Å². The second-order valence-electron chi connectivity index (χ2n) is 7.57. The van der Waals surface area contributed by atoms with Crippen molar-refractivity contribution in [3.8, 4) is 22.7 Å². The number of ether oxygens (including phenoxy) is 1. The topological polar surface area (TPSA) is 71.9 Å². The number of halogens is 1. The average molecular weight is 440 g/mol. The van der Waals surface area contributed by atoms with Gasteiger partial charge in [-0.3, -0.25) is 4.79 Å². The zero-order chi connectivity index (χ0) is 22.8. The van der Waals surface area contributed by atoms with E-state index in [1.54, 1.807) is 23.9 Å². The highest BCUT2D eigenvalue weighted by molar-refractivity contribution is 5.92. The Labute approximate surface area is 189 Å². The fourth-order valence-corrected chi connectivity index (χ4v) is 3.73. The third kappa shape index (κ3) is 4.08. The standard InChI is InChI=1S/C26H21FN4O2/c1-33-22-13-11-20(12-14-22)28-16-18-15-23-24(17-7-9-19(27)10-8-17)30-31(25(23)29-26(18)32)21-5-3-2-4-6-21/h2-15,28H,16H2,1H3,(H,29,32). The van der Waals surface area contributed by atoms with Gasteiger partial charge in [-0.05, 0) is 66.7 Å². The molecular weight excluding hydrogens is 419 g/mol. The Morgan fingerprint density at radius 3 is 2.42 bits per heavy atom. The number of aromatic nitrogens is 3. The SMILES string of the molecule is COc1ccc(NCc2cc3c(-c4ccc(F)cc4)nn(-c4ccccc4)c3[nH]c2=O)cc1. The van der Waals surface area contributed by atoms with Crippen molar-refractivity contribution in [1.82, 2.24) is 14.8 Å². The third-order valence-electron chi connectivity index (χ3n) is 5.46. The summed E-state index contributed by atoms with van der Waals surface area (Å²) >= 11 is 0. The van der Waals surface area contributed by atoms with E-state index in [-0.39, 0.29) is 11.4 Å². The van der Waals surface area contributed by atoms with Gasteiger partial charge in [-0.15, -0.1) is 0 Å². The molecule has 2 N–H and O–H groups in total. The van der Waals surface area contributed by atoms with E-state index in [1.165, 1.54) is 12.1 Å². The van der Waals surface area contributed by atoms with Gasteiger partial charge in [0.2, 0.25) is 0 Å². The lowest BCUT2D eigenvalue weighted by Crippen LogP contribution is -2.16. The molecule has 0 spiro atoms. The highest BCUT2D eigenvalue weighted by Crippen LogP contribution is 2.29. The molecule has 0 amide bonds. The third-order valence-corrected chi connectivity index (χ3v) is 5.46. The van der Waals surface area contributed by atoms with Crippen molar-refractivity contribution in [2.45, 2.75) is 6.54 Å². The van der Waals surface area contributed by atoms with Crippen LogP contribution in [-0.2, 0) is 6.54 Å². The van der Waals surface area contributed by atoms with Crippen molar-refractivity contribution in [3.05, 3.63) is 107 Å². The maximum atomic E-state index is 13.5. The van der Waals surface area contributed by atoms with Gasteiger partial charge in [0, 0.05) is 28.7 Å². The molecule has 0 bridgehead atoms. The summed E-state index contributed by atoms with van der Waals surface area (Å²) in [6, 6.07) is 25.1. The van der Waals surface area contributed by atoms with Crippen molar-refractivity contribution in [2.75, 3.05) is 12.4 Å². The van der Waals surface area contributed by atoms with Gasteiger partial charge in [-0.25, -0.2) is 9.07 Å². The van der Waals surface area contributed by atoms with Crippen LogP contribution in [-0.4, -0.2) is 21.9 Å². The quantitative estimate of drug-likeness (QED) is 0.384. The predicted molar refractivity (Wildman–Crippen MR) is 127 cm³/mol. The fraction of sp³-hybridized carbons (Fsp3) is 0.0769. The van der Waals surface area contributed by atoms with Crippen LogP contribution in [0.4, 0.5) is 10.1 Å². The highest BCUT2D eigenvalue weighted by Gasteiger charge is 2.17. The smallest absolute Gasteiger partial charge is 0.254 e. The molecule has 164 valence electrons. The van der Waals surface area contributed by atoms with Crippen molar-refractivity contribution >= 4 is 16.7 Å². The second-order valence-corrected chi connectivity index (χ2v) is 7.57. The number of nitrogens with one attached hydrogen (secondary N) is 2. The zero-order valence-electron chi connectivity index (χ0n) is 17.9. The van der Waals surface area contributed by atoms with Gasteiger partial charge in [-0.2, -0.15) is 5.10 Å². The van der Waals surface area contributed by atoms with Gasteiger partial charge in [0.15, 0.2) is 0 Å². The minimum Gasteiger partial charge on any atom is -0.497 e. The molecule has 3 aromatic carbocycles. The number of hydrogen-bond donors (Lipinski definition) is 2. The molecule has 0 unspecified atom stereocenters. The number of aromatic amines is 1. The van der Waals surface area contributed by atoms with Crippen LogP contribution in [0.25, 0.3) is 28.0 Å². The van der Waals surface area contributed by atoms with Crippen molar-refractivity contribution in [2.24, 2.45) is 0 Å². The number of para-hydroxylation sites is 1. The number of methoxy groups -OCH3 is 1. The van der Waals surface area contributed by atoms with Crippen molar-refractivity contribution in [3.63, 3.8) is 0 Å². The molecule has 0 atom stereocenters. The lowest BCUT2D eigenvalue weighted by molar-refractivity contribution is 0.415. The summed E-state index contributed by atoms with van der Waals surface area (Å²) in [4.78, 5) is 15.9. The molecule has 0 aliphatic heterocycles. The molecule has 0 aliphatic rings. The molecule has 0 saturated carbocycles. The summed E-state index contributed by atoms with van der Waals surface area (Å²) in [5, 5.41) is 8.81. The van der Waals surface area contributed by atoms with E-state index < -0.39 is 0 Å². The van der Waals surface area contributed by atoms with Gasteiger partial charge >= 0.3 is 0 Å². The van der Waals surface area contributed by atoms with E-state index in [1.807, 2.05) is 60.7 Å². The zero-order valence-corrected chi connectivity index (χ0v) is 17.9. The molecule has 0 aliphatic carbocycles. The monoisotopic (exact) mass is 440 g/mol. The van der Waals surface area contributed by atoms with Gasteiger partial charge in [0.25, 0.3) is 5.56 Å². The first-order valence-corrected chi connectivity index (χ1v) is 10.5. The summed E-state index contributed by atoms with van der Waals surface area (Å²) in [6.45, 7) is 0.330. The summed E-state index contributed by atoms with van der Waals surface area (Å²) in [6.07, 6.45) is 0. The maximum absolute atomic E-state index is 13.5. The molecule has 2 aromatic heterocycles. The van der Waals surface area contributed by atoms with E-state index >= 15 is 0 Å². The number of H-pyrrole nitrogens is 1. The molecule has 6 nitrogen and oxygen atoms in total. The van der Waals surface area contributed by atoms with E-state index in [2.05, 4.69) is 10.3 Å². The van der Waals surface area contributed by atoms with E-state index in [4.69, 9.17) is 9.84 Å². The highest BCUT2D eigenvalue weighted by atomic mass is 19.1. The molecule has 5 rings (SSSR count). The van der Waals surface area contributed by atoms with E-state index in [0.717, 1.165) is 28.1 Å². The number of hydrogen-bond acceptors (Lipinski definition) is 4. The minimum absolute atomic E-state index is 0.203. The van der Waals surface area contributed by atoms with Gasteiger partial charge < -0.3 is 15.0 Å². The Hall–Kier alpha value is -4.39.